The van der Waals surface area contributed by atoms with E-state index in [1.165, 1.54) is 11.8 Å². The fourth-order valence-electron chi connectivity index (χ4n) is 4.53. The van der Waals surface area contributed by atoms with Crippen LogP contribution in [0, 0.1) is 17.7 Å². The first kappa shape index (κ1) is 23.3. The minimum atomic E-state index is -3.27. The van der Waals surface area contributed by atoms with Crippen molar-refractivity contribution in [1.82, 2.24) is 9.97 Å². The number of aromatic nitrogens is 2. The van der Waals surface area contributed by atoms with Crippen molar-refractivity contribution in [3.8, 4) is 11.3 Å². The Kier molecular flexibility index (Phi) is 5.99. The Hall–Kier alpha value is -3.42. The van der Waals surface area contributed by atoms with Crippen molar-refractivity contribution in [3.05, 3.63) is 95.5 Å². The van der Waals surface area contributed by atoms with E-state index in [-0.39, 0.29) is 10.3 Å². The zero-order chi connectivity index (χ0) is 24.6. The van der Waals surface area contributed by atoms with E-state index in [1.54, 1.807) is 30.5 Å². The molecule has 0 amide bonds. The molecule has 0 saturated carbocycles. The summed E-state index contributed by atoms with van der Waals surface area (Å²) < 4.78 is 29.2. The number of hydrogen-bond donors (Lipinski definition) is 1. The van der Waals surface area contributed by atoms with Gasteiger partial charge in [0.2, 0.25) is 0 Å². The number of nitrogens with zero attached hydrogens (tertiary/aromatic N) is 2. The summed E-state index contributed by atoms with van der Waals surface area (Å²) in [6.45, 7) is 3.47. The van der Waals surface area contributed by atoms with Gasteiger partial charge in [-0.15, -0.1) is 0 Å². The summed E-state index contributed by atoms with van der Waals surface area (Å²) in [6, 6.07) is 16.3. The van der Waals surface area contributed by atoms with Crippen LogP contribution in [0.5, 0.6) is 0 Å². The Morgan fingerprint density at radius 2 is 1.97 bits per heavy atom. The molecule has 3 aromatic rings. The van der Waals surface area contributed by atoms with E-state index in [4.69, 9.17) is 10.1 Å². The average Bonchev–Trinajstić information content (AvgIpc) is 3.30. The van der Waals surface area contributed by atoms with Crippen molar-refractivity contribution in [2.24, 2.45) is 5.41 Å². The zero-order valence-electron chi connectivity index (χ0n) is 19.8. The van der Waals surface area contributed by atoms with Crippen LogP contribution in [-0.4, -0.2) is 43.6 Å². The third kappa shape index (κ3) is 4.88. The average molecular weight is 486 g/mol. The maximum absolute atomic E-state index is 11.8. The molecule has 2 aromatic heterocycles. The standard InChI is InChI=1S/C28H27N3O3S/c1-19-4-3-5-25(31-19)27(29)24(11-8-22-17-28(22)13-15-34-18-28)21-12-14-30-26(16-21)20-6-9-23(10-7-20)35(2,32)33/h3-7,9-12,14,16-17,29H,8,13,15,18H2,1-2H3/b24-11-,29-27?. The van der Waals surface area contributed by atoms with Gasteiger partial charge in [0.25, 0.3) is 0 Å². The van der Waals surface area contributed by atoms with Crippen molar-refractivity contribution in [1.29, 1.82) is 5.41 Å². The van der Waals surface area contributed by atoms with Gasteiger partial charge in [0.1, 0.15) is 0 Å². The van der Waals surface area contributed by atoms with Gasteiger partial charge in [-0.25, -0.2) is 8.42 Å². The van der Waals surface area contributed by atoms with Crippen molar-refractivity contribution in [2.75, 3.05) is 19.5 Å². The number of sulfone groups is 1. The van der Waals surface area contributed by atoms with Crippen LogP contribution in [0.1, 0.15) is 29.8 Å². The zero-order valence-corrected chi connectivity index (χ0v) is 20.6. The number of benzene rings is 1. The molecule has 5 rings (SSSR count). The van der Waals surface area contributed by atoms with Gasteiger partial charge in [-0.2, -0.15) is 0 Å². The lowest BCUT2D eigenvalue weighted by molar-refractivity contribution is 0.185. The maximum Gasteiger partial charge on any atom is 0.175 e. The molecule has 0 bridgehead atoms. The molecule has 7 heteroatoms. The lowest BCUT2D eigenvalue weighted by Crippen LogP contribution is -2.07. The van der Waals surface area contributed by atoms with Crippen LogP contribution in [0.2, 0.25) is 0 Å². The van der Waals surface area contributed by atoms with Gasteiger partial charge in [-0.3, -0.25) is 15.4 Å². The molecule has 1 unspecified atom stereocenters. The van der Waals surface area contributed by atoms with Gasteiger partial charge in [0, 0.05) is 41.3 Å². The van der Waals surface area contributed by atoms with Crippen molar-refractivity contribution in [3.63, 3.8) is 0 Å². The Morgan fingerprint density at radius 1 is 1.17 bits per heavy atom. The van der Waals surface area contributed by atoms with Crippen LogP contribution in [0.15, 0.2) is 83.4 Å². The van der Waals surface area contributed by atoms with E-state index >= 15 is 0 Å². The Morgan fingerprint density at radius 3 is 2.66 bits per heavy atom. The predicted octanol–water partition coefficient (Wildman–Crippen LogP) is 5.04. The highest BCUT2D eigenvalue weighted by Crippen LogP contribution is 2.52. The maximum atomic E-state index is 11.8. The first-order valence-electron chi connectivity index (χ1n) is 11.6. The molecule has 2 aliphatic rings. The van der Waals surface area contributed by atoms with E-state index in [0.717, 1.165) is 48.4 Å². The highest BCUT2D eigenvalue weighted by atomic mass is 32.2. The second-order valence-corrected chi connectivity index (χ2v) is 11.2. The lowest BCUT2D eigenvalue weighted by atomic mass is 9.94. The SMILES string of the molecule is Cc1cccc(C(=N)/C(=C\CC2=CC23CCOC3)c2ccnc(-c3ccc(S(C)(=O)=O)cc3)c2)n1. The Bertz CT molecular complexity index is 1470. The molecule has 1 aliphatic heterocycles. The Labute approximate surface area is 205 Å². The molecule has 6 nitrogen and oxygen atoms in total. The lowest BCUT2D eigenvalue weighted by Gasteiger charge is -2.13. The number of pyridine rings is 2. The van der Waals surface area contributed by atoms with Crippen LogP contribution < -0.4 is 0 Å². The molecule has 1 aliphatic carbocycles. The summed E-state index contributed by atoms with van der Waals surface area (Å²) in [5.74, 6) is 0. The van der Waals surface area contributed by atoms with Gasteiger partial charge in [0.15, 0.2) is 9.84 Å². The minimum Gasteiger partial charge on any atom is -0.380 e. The molecule has 1 N–H and O–H groups in total. The monoisotopic (exact) mass is 485 g/mol. The van der Waals surface area contributed by atoms with Crippen LogP contribution in [0.25, 0.3) is 16.8 Å². The topological polar surface area (TPSA) is 93.0 Å². The van der Waals surface area contributed by atoms with Gasteiger partial charge >= 0.3 is 0 Å². The molecule has 1 saturated heterocycles. The van der Waals surface area contributed by atoms with Crippen molar-refractivity contribution in [2.45, 2.75) is 24.7 Å². The third-order valence-corrected chi connectivity index (χ3v) is 7.78. The van der Waals surface area contributed by atoms with Crippen LogP contribution in [0.3, 0.4) is 0 Å². The normalized spacial score (nSPS) is 19.6. The second kappa shape index (κ2) is 8.98. The number of ether oxygens (including phenoxy) is 1. The first-order chi connectivity index (χ1) is 16.7. The summed E-state index contributed by atoms with van der Waals surface area (Å²) in [4.78, 5) is 9.35. The van der Waals surface area contributed by atoms with Crippen LogP contribution in [0.4, 0.5) is 0 Å². The number of hydrogen-bond acceptors (Lipinski definition) is 6. The fourth-order valence-corrected chi connectivity index (χ4v) is 5.16. The van der Waals surface area contributed by atoms with Gasteiger partial charge < -0.3 is 4.74 Å². The van der Waals surface area contributed by atoms with Crippen molar-refractivity contribution >= 4 is 21.1 Å². The third-order valence-electron chi connectivity index (χ3n) is 6.65. The van der Waals surface area contributed by atoms with E-state index in [2.05, 4.69) is 22.1 Å². The molecular weight excluding hydrogens is 458 g/mol. The number of rotatable bonds is 7. The first-order valence-corrected chi connectivity index (χ1v) is 13.4. The smallest absolute Gasteiger partial charge is 0.175 e. The highest BCUT2D eigenvalue weighted by molar-refractivity contribution is 7.90. The van der Waals surface area contributed by atoms with Gasteiger partial charge in [-0.05, 0) is 61.7 Å². The molecule has 178 valence electrons. The largest absolute Gasteiger partial charge is 0.380 e. The van der Waals surface area contributed by atoms with Crippen molar-refractivity contribution < 1.29 is 13.2 Å². The second-order valence-electron chi connectivity index (χ2n) is 9.22. The number of nitrogens with one attached hydrogen (secondary N) is 1. The fraction of sp³-hybridized carbons (Fsp3) is 0.250. The van der Waals surface area contributed by atoms with Gasteiger partial charge in [-0.1, -0.05) is 35.9 Å². The van der Waals surface area contributed by atoms with Gasteiger partial charge in [0.05, 0.1) is 28.6 Å². The summed E-state index contributed by atoms with van der Waals surface area (Å²) in [5, 5.41) is 9.00. The highest BCUT2D eigenvalue weighted by Gasteiger charge is 2.46. The number of aryl methyl sites for hydroxylation is 1. The molecule has 1 atom stereocenters. The minimum absolute atomic E-state index is 0.121. The Balaban J connectivity index is 1.49. The molecule has 1 fully saturated rings. The molecule has 3 heterocycles. The van der Waals surface area contributed by atoms with Crippen LogP contribution >= 0.6 is 0 Å². The van der Waals surface area contributed by atoms with E-state index in [0.29, 0.717) is 17.1 Å². The summed E-state index contributed by atoms with van der Waals surface area (Å²) in [5.41, 5.74) is 6.51. The molecule has 35 heavy (non-hydrogen) atoms. The molecule has 1 spiro atoms. The molecule has 0 radical (unpaired) electrons. The number of allylic oxidation sites excluding steroid dienone is 2. The van der Waals surface area contributed by atoms with E-state index < -0.39 is 9.84 Å². The van der Waals surface area contributed by atoms with E-state index in [9.17, 15) is 8.42 Å². The molecule has 1 aromatic carbocycles. The summed E-state index contributed by atoms with van der Waals surface area (Å²) in [7, 11) is -3.27. The summed E-state index contributed by atoms with van der Waals surface area (Å²) in [6.07, 6.45) is 9.11. The van der Waals surface area contributed by atoms with Crippen LogP contribution in [-0.2, 0) is 14.6 Å². The predicted molar refractivity (Wildman–Crippen MR) is 137 cm³/mol. The quantitative estimate of drug-likeness (QED) is 0.374. The molecular formula is C28H27N3O3S. The summed E-state index contributed by atoms with van der Waals surface area (Å²) >= 11 is 0. The van der Waals surface area contributed by atoms with E-state index in [1.807, 2.05) is 37.3 Å².